The average molecular weight is 266 g/mol. The Balaban J connectivity index is 3.18. The fourth-order valence-corrected chi connectivity index (χ4v) is 1.93. The van der Waals surface area contributed by atoms with E-state index in [1.54, 1.807) is 0 Å². The summed E-state index contributed by atoms with van der Waals surface area (Å²) in [6, 6.07) is 0. The fraction of sp³-hybridized carbons (Fsp3) is 0.706. The van der Waals surface area contributed by atoms with Gasteiger partial charge in [-0.15, -0.1) is 0 Å². The van der Waals surface area contributed by atoms with Crippen LogP contribution in [0.1, 0.15) is 77.6 Å². The summed E-state index contributed by atoms with van der Waals surface area (Å²) in [7, 11) is 0. The van der Waals surface area contributed by atoms with Gasteiger partial charge in [0.1, 0.15) is 0 Å². The Morgan fingerprint density at radius 1 is 0.842 bits per heavy atom. The van der Waals surface area contributed by atoms with E-state index in [0.29, 0.717) is 6.42 Å². The highest BCUT2D eigenvalue weighted by Gasteiger charge is 1.95. The first kappa shape index (κ1) is 17.9. The third kappa shape index (κ3) is 16.9. The summed E-state index contributed by atoms with van der Waals surface area (Å²) >= 11 is 0. The fourth-order valence-electron chi connectivity index (χ4n) is 1.93. The molecule has 0 aliphatic rings. The highest BCUT2D eigenvalue weighted by Crippen LogP contribution is 2.07. The molecule has 2 nitrogen and oxygen atoms in total. The molecule has 0 aromatic carbocycles. The van der Waals surface area contributed by atoms with E-state index in [1.165, 1.54) is 38.5 Å². The molecule has 0 aliphatic heterocycles. The van der Waals surface area contributed by atoms with Crippen LogP contribution in [0.25, 0.3) is 0 Å². The van der Waals surface area contributed by atoms with Crippen molar-refractivity contribution in [1.29, 1.82) is 0 Å². The van der Waals surface area contributed by atoms with Crippen molar-refractivity contribution in [3.63, 3.8) is 0 Å². The third-order valence-electron chi connectivity index (χ3n) is 3.12. The molecule has 0 bridgehead atoms. The van der Waals surface area contributed by atoms with Gasteiger partial charge in [0.15, 0.2) is 0 Å². The Kier molecular flexibility index (Phi) is 14.2. The minimum absolute atomic E-state index is 0.322. The topological polar surface area (TPSA) is 37.3 Å². The van der Waals surface area contributed by atoms with Crippen molar-refractivity contribution in [1.82, 2.24) is 0 Å². The second kappa shape index (κ2) is 15.0. The lowest BCUT2D eigenvalue weighted by atomic mass is 10.1. The molecule has 0 atom stereocenters. The number of unbranched alkanes of at least 4 members (excludes halogenated alkanes) is 8. The van der Waals surface area contributed by atoms with Gasteiger partial charge in [-0.3, -0.25) is 4.79 Å². The molecule has 0 aliphatic carbocycles. The van der Waals surface area contributed by atoms with Crippen LogP contribution in [0.5, 0.6) is 0 Å². The lowest BCUT2D eigenvalue weighted by Gasteiger charge is -1.97. The summed E-state index contributed by atoms with van der Waals surface area (Å²) in [5.74, 6) is -0.673. The van der Waals surface area contributed by atoms with Crippen LogP contribution in [0.2, 0.25) is 0 Å². The summed E-state index contributed by atoms with van der Waals surface area (Å²) in [6.45, 7) is 2.23. The van der Waals surface area contributed by atoms with Gasteiger partial charge in [0.2, 0.25) is 0 Å². The van der Waals surface area contributed by atoms with Gasteiger partial charge in [0, 0.05) is 6.42 Å². The number of carboxylic acid groups (broad SMARTS) is 1. The molecule has 0 saturated heterocycles. The molecular formula is C17H30O2. The molecule has 0 amide bonds. The van der Waals surface area contributed by atoms with E-state index >= 15 is 0 Å². The molecule has 0 saturated carbocycles. The van der Waals surface area contributed by atoms with Gasteiger partial charge in [-0.25, -0.2) is 0 Å². The SMILES string of the molecule is CCCCC/C=C\C=C\CCCCCCCC(=O)O. The summed E-state index contributed by atoms with van der Waals surface area (Å²) in [5.41, 5.74) is 0. The minimum Gasteiger partial charge on any atom is -0.481 e. The molecule has 0 aromatic rings. The van der Waals surface area contributed by atoms with Gasteiger partial charge >= 0.3 is 5.97 Å². The van der Waals surface area contributed by atoms with Crippen molar-refractivity contribution in [3.8, 4) is 0 Å². The van der Waals surface area contributed by atoms with Gasteiger partial charge in [0.05, 0.1) is 0 Å². The van der Waals surface area contributed by atoms with Crippen molar-refractivity contribution >= 4 is 5.97 Å². The Morgan fingerprint density at radius 2 is 1.37 bits per heavy atom. The van der Waals surface area contributed by atoms with Crippen molar-refractivity contribution in [3.05, 3.63) is 24.3 Å². The van der Waals surface area contributed by atoms with Crippen LogP contribution < -0.4 is 0 Å². The van der Waals surface area contributed by atoms with E-state index in [1.807, 2.05) is 0 Å². The molecule has 0 unspecified atom stereocenters. The molecule has 0 rings (SSSR count). The number of rotatable bonds is 13. The maximum absolute atomic E-state index is 10.3. The zero-order chi connectivity index (χ0) is 14.2. The lowest BCUT2D eigenvalue weighted by molar-refractivity contribution is -0.137. The van der Waals surface area contributed by atoms with E-state index in [9.17, 15) is 4.79 Å². The summed E-state index contributed by atoms with van der Waals surface area (Å²) in [5, 5.41) is 8.49. The number of carbonyl (C=O) groups is 1. The molecule has 1 N–H and O–H groups in total. The zero-order valence-electron chi connectivity index (χ0n) is 12.4. The smallest absolute Gasteiger partial charge is 0.303 e. The van der Waals surface area contributed by atoms with Gasteiger partial charge in [0.25, 0.3) is 0 Å². The van der Waals surface area contributed by atoms with E-state index < -0.39 is 5.97 Å². The van der Waals surface area contributed by atoms with Crippen LogP contribution >= 0.6 is 0 Å². The third-order valence-corrected chi connectivity index (χ3v) is 3.12. The summed E-state index contributed by atoms with van der Waals surface area (Å²) in [6.07, 6.45) is 20.8. The summed E-state index contributed by atoms with van der Waals surface area (Å²) < 4.78 is 0. The molecule has 0 spiro atoms. The number of hydrogen-bond donors (Lipinski definition) is 1. The van der Waals surface area contributed by atoms with Gasteiger partial charge < -0.3 is 5.11 Å². The Bertz CT molecular complexity index is 254. The van der Waals surface area contributed by atoms with Crippen LogP contribution in [-0.4, -0.2) is 11.1 Å². The molecule has 0 radical (unpaired) electrons. The molecule has 2 heteroatoms. The summed E-state index contributed by atoms with van der Waals surface area (Å²) in [4.78, 5) is 10.3. The number of aliphatic carboxylic acids is 1. The zero-order valence-corrected chi connectivity index (χ0v) is 12.4. The predicted molar refractivity (Wildman–Crippen MR) is 82.4 cm³/mol. The van der Waals surface area contributed by atoms with E-state index in [0.717, 1.165) is 25.7 Å². The van der Waals surface area contributed by atoms with Crippen LogP contribution in [0.4, 0.5) is 0 Å². The number of carboxylic acids is 1. The second-order valence-corrected chi connectivity index (χ2v) is 5.05. The van der Waals surface area contributed by atoms with Crippen LogP contribution in [-0.2, 0) is 4.79 Å². The average Bonchev–Trinajstić information content (AvgIpc) is 2.39. The van der Waals surface area contributed by atoms with Gasteiger partial charge in [-0.2, -0.15) is 0 Å². The van der Waals surface area contributed by atoms with E-state index in [2.05, 4.69) is 31.2 Å². The molecule has 110 valence electrons. The molecule has 19 heavy (non-hydrogen) atoms. The molecule has 0 fully saturated rings. The first-order valence-corrected chi connectivity index (χ1v) is 7.80. The highest BCUT2D eigenvalue weighted by molar-refractivity contribution is 5.66. The Hall–Kier alpha value is -1.05. The monoisotopic (exact) mass is 266 g/mol. The van der Waals surface area contributed by atoms with E-state index in [-0.39, 0.29) is 0 Å². The van der Waals surface area contributed by atoms with E-state index in [4.69, 9.17) is 5.11 Å². The molecular weight excluding hydrogens is 236 g/mol. The molecule has 0 heterocycles. The van der Waals surface area contributed by atoms with Crippen molar-refractivity contribution < 1.29 is 9.90 Å². The Labute approximate surface area is 118 Å². The maximum atomic E-state index is 10.3. The maximum Gasteiger partial charge on any atom is 0.303 e. The first-order valence-electron chi connectivity index (χ1n) is 7.80. The number of hydrogen-bond acceptors (Lipinski definition) is 1. The van der Waals surface area contributed by atoms with Crippen LogP contribution in [0, 0.1) is 0 Å². The van der Waals surface area contributed by atoms with Gasteiger partial charge in [-0.1, -0.05) is 63.3 Å². The Morgan fingerprint density at radius 3 is 1.95 bits per heavy atom. The van der Waals surface area contributed by atoms with Crippen molar-refractivity contribution in [2.24, 2.45) is 0 Å². The van der Waals surface area contributed by atoms with Crippen LogP contribution in [0.15, 0.2) is 24.3 Å². The van der Waals surface area contributed by atoms with Crippen molar-refractivity contribution in [2.75, 3.05) is 0 Å². The predicted octanol–water partition coefficient (Wildman–Crippen LogP) is 5.49. The minimum atomic E-state index is -0.673. The van der Waals surface area contributed by atoms with Crippen molar-refractivity contribution in [2.45, 2.75) is 77.6 Å². The van der Waals surface area contributed by atoms with Crippen LogP contribution in [0.3, 0.4) is 0 Å². The van der Waals surface area contributed by atoms with Gasteiger partial charge in [-0.05, 0) is 32.1 Å². The highest BCUT2D eigenvalue weighted by atomic mass is 16.4. The standard InChI is InChI=1S/C17H30O2/c1-2-3-4-5-6-7-8-9-10-11-12-13-14-15-16-17(18)19/h6-9H,2-5,10-16H2,1H3,(H,18,19)/b7-6-,9-8+. The largest absolute Gasteiger partial charge is 0.481 e. The quantitative estimate of drug-likeness (QED) is 0.353. The second-order valence-electron chi connectivity index (χ2n) is 5.05. The molecule has 0 aromatic heterocycles. The lowest BCUT2D eigenvalue weighted by Crippen LogP contribution is -1.93. The number of allylic oxidation sites excluding steroid dienone is 4. The first-order chi connectivity index (χ1) is 9.27. The normalized spacial score (nSPS) is 11.6.